The highest BCUT2D eigenvalue weighted by Gasteiger charge is 2.33. The molecule has 6 nitrogen and oxygen atoms in total. The van der Waals surface area contributed by atoms with Crippen LogP contribution in [-0.2, 0) is 4.79 Å². The van der Waals surface area contributed by atoms with E-state index < -0.39 is 0 Å². The molecule has 27 heavy (non-hydrogen) atoms. The molecule has 0 aromatic heterocycles. The fraction of sp³-hybridized carbons (Fsp3) is 0.600. The number of rotatable bonds is 7. The van der Waals surface area contributed by atoms with E-state index in [0.717, 1.165) is 38.5 Å². The Morgan fingerprint density at radius 1 is 1.22 bits per heavy atom. The maximum atomic E-state index is 12.7. The Balaban J connectivity index is 0.00000261. The van der Waals surface area contributed by atoms with Crippen molar-refractivity contribution >= 4 is 29.9 Å². The molecule has 2 aliphatic carbocycles. The summed E-state index contributed by atoms with van der Waals surface area (Å²) in [5.41, 5.74) is 6.86. The molecule has 0 atom stereocenters. The van der Waals surface area contributed by atoms with Gasteiger partial charge in [-0.3, -0.25) is 9.59 Å². The molecule has 150 valence electrons. The Labute approximate surface area is 167 Å². The molecule has 0 aliphatic heterocycles. The lowest BCUT2D eigenvalue weighted by Gasteiger charge is -2.35. The normalized spacial score (nSPS) is 18.1. The summed E-state index contributed by atoms with van der Waals surface area (Å²) in [6.07, 6.45) is 7.88. The monoisotopic (exact) mass is 395 g/mol. The summed E-state index contributed by atoms with van der Waals surface area (Å²) in [4.78, 5) is 25.2. The van der Waals surface area contributed by atoms with E-state index >= 15 is 0 Å². The second kappa shape index (κ2) is 9.42. The van der Waals surface area contributed by atoms with Crippen LogP contribution in [0.15, 0.2) is 18.2 Å². The SMILES string of the molecule is COc1ccc(NC(=O)CC2(CN)CCCCC2)c(C(=O)NC2CC2)c1.Cl. The molecule has 0 spiro atoms. The fourth-order valence-corrected chi connectivity index (χ4v) is 3.73. The van der Waals surface area contributed by atoms with Crippen LogP contribution in [0.5, 0.6) is 5.75 Å². The first-order valence-electron chi connectivity index (χ1n) is 9.54. The summed E-state index contributed by atoms with van der Waals surface area (Å²) in [6, 6.07) is 5.41. The minimum atomic E-state index is -0.173. The first-order valence-corrected chi connectivity index (χ1v) is 9.54. The molecular formula is C20H30ClN3O3. The van der Waals surface area contributed by atoms with E-state index in [1.54, 1.807) is 25.3 Å². The third-order valence-electron chi connectivity index (χ3n) is 5.54. The van der Waals surface area contributed by atoms with Crippen molar-refractivity contribution < 1.29 is 14.3 Å². The number of amides is 2. The van der Waals surface area contributed by atoms with Crippen LogP contribution in [-0.4, -0.2) is 31.5 Å². The predicted molar refractivity (Wildman–Crippen MR) is 109 cm³/mol. The molecule has 0 radical (unpaired) electrons. The highest BCUT2D eigenvalue weighted by Crippen LogP contribution is 2.38. The van der Waals surface area contributed by atoms with Gasteiger partial charge in [0.25, 0.3) is 5.91 Å². The van der Waals surface area contributed by atoms with Crippen molar-refractivity contribution in [3.8, 4) is 5.75 Å². The first-order chi connectivity index (χ1) is 12.5. The van der Waals surface area contributed by atoms with E-state index in [1.165, 1.54) is 6.42 Å². The number of hydrogen-bond acceptors (Lipinski definition) is 4. The molecule has 2 saturated carbocycles. The van der Waals surface area contributed by atoms with Crippen molar-refractivity contribution in [3.05, 3.63) is 23.8 Å². The molecule has 0 unspecified atom stereocenters. The molecular weight excluding hydrogens is 366 g/mol. The van der Waals surface area contributed by atoms with Crippen LogP contribution in [0.2, 0.25) is 0 Å². The Kier molecular flexibility index (Phi) is 7.50. The third-order valence-corrected chi connectivity index (χ3v) is 5.54. The van der Waals surface area contributed by atoms with Gasteiger partial charge in [-0.1, -0.05) is 19.3 Å². The van der Waals surface area contributed by atoms with Gasteiger partial charge in [-0.05, 0) is 55.8 Å². The number of ether oxygens (including phenoxy) is 1. The molecule has 4 N–H and O–H groups in total. The van der Waals surface area contributed by atoms with Crippen LogP contribution in [0.4, 0.5) is 5.69 Å². The van der Waals surface area contributed by atoms with Gasteiger partial charge in [0.1, 0.15) is 5.75 Å². The van der Waals surface area contributed by atoms with E-state index in [9.17, 15) is 9.59 Å². The molecule has 1 aromatic carbocycles. The summed E-state index contributed by atoms with van der Waals surface area (Å²) in [5.74, 6) is 0.338. The quantitative estimate of drug-likeness (QED) is 0.660. The Morgan fingerprint density at radius 2 is 1.93 bits per heavy atom. The zero-order valence-corrected chi connectivity index (χ0v) is 16.7. The molecule has 2 aliphatic rings. The number of benzene rings is 1. The topological polar surface area (TPSA) is 93.4 Å². The summed E-state index contributed by atoms with van der Waals surface area (Å²) in [5, 5.41) is 5.90. The van der Waals surface area contributed by atoms with E-state index in [2.05, 4.69) is 10.6 Å². The Hall–Kier alpha value is -1.79. The molecule has 0 heterocycles. The van der Waals surface area contributed by atoms with E-state index in [-0.39, 0.29) is 35.7 Å². The number of carbonyl (C=O) groups is 2. The predicted octanol–water partition coefficient (Wildman–Crippen LogP) is 3.25. The van der Waals surface area contributed by atoms with Crippen LogP contribution in [0.1, 0.15) is 61.7 Å². The van der Waals surface area contributed by atoms with Gasteiger partial charge in [0.2, 0.25) is 5.91 Å². The van der Waals surface area contributed by atoms with Crippen LogP contribution < -0.4 is 21.1 Å². The van der Waals surface area contributed by atoms with Crippen molar-refractivity contribution in [1.29, 1.82) is 0 Å². The second-order valence-electron chi connectivity index (χ2n) is 7.65. The van der Waals surface area contributed by atoms with E-state index in [0.29, 0.717) is 30.0 Å². The van der Waals surface area contributed by atoms with Gasteiger partial charge in [0.15, 0.2) is 0 Å². The van der Waals surface area contributed by atoms with Gasteiger partial charge in [-0.15, -0.1) is 12.4 Å². The van der Waals surface area contributed by atoms with Gasteiger partial charge in [-0.2, -0.15) is 0 Å². The minimum absolute atomic E-state index is 0. The summed E-state index contributed by atoms with van der Waals surface area (Å²) in [7, 11) is 1.56. The van der Waals surface area contributed by atoms with E-state index in [1.807, 2.05) is 0 Å². The number of carbonyl (C=O) groups excluding carboxylic acids is 2. The lowest BCUT2D eigenvalue weighted by molar-refractivity contribution is -0.118. The average Bonchev–Trinajstić information content (AvgIpc) is 3.46. The average molecular weight is 396 g/mol. The van der Waals surface area contributed by atoms with Crippen LogP contribution in [0.3, 0.4) is 0 Å². The lowest BCUT2D eigenvalue weighted by atomic mass is 9.71. The fourth-order valence-electron chi connectivity index (χ4n) is 3.73. The van der Waals surface area contributed by atoms with Crippen LogP contribution >= 0.6 is 12.4 Å². The van der Waals surface area contributed by atoms with Crippen LogP contribution in [0.25, 0.3) is 0 Å². The van der Waals surface area contributed by atoms with Crippen molar-refractivity contribution in [1.82, 2.24) is 5.32 Å². The standard InChI is InChI=1S/C20H29N3O3.ClH/c1-26-15-7-8-17(16(11-15)19(25)22-14-5-6-14)23-18(24)12-20(13-21)9-3-2-4-10-20;/h7-8,11,14H,2-6,9-10,12-13,21H2,1H3,(H,22,25)(H,23,24);1H. The molecule has 0 bridgehead atoms. The summed E-state index contributed by atoms with van der Waals surface area (Å²) in [6.45, 7) is 0.526. The number of hydrogen-bond donors (Lipinski definition) is 3. The maximum absolute atomic E-state index is 12.7. The number of anilines is 1. The highest BCUT2D eigenvalue weighted by molar-refractivity contribution is 6.04. The molecule has 2 amide bonds. The minimum Gasteiger partial charge on any atom is -0.497 e. The summed E-state index contributed by atoms with van der Waals surface area (Å²) < 4.78 is 5.23. The molecule has 3 rings (SSSR count). The second-order valence-corrected chi connectivity index (χ2v) is 7.65. The molecule has 1 aromatic rings. The van der Waals surface area contributed by atoms with Crippen molar-refractivity contribution in [2.75, 3.05) is 19.0 Å². The third kappa shape index (κ3) is 5.59. The van der Waals surface area contributed by atoms with Gasteiger partial charge in [0, 0.05) is 12.5 Å². The highest BCUT2D eigenvalue weighted by atomic mass is 35.5. The molecule has 0 saturated heterocycles. The number of halogens is 1. The van der Waals surface area contributed by atoms with Crippen LogP contribution in [0, 0.1) is 5.41 Å². The van der Waals surface area contributed by atoms with Gasteiger partial charge < -0.3 is 21.1 Å². The number of methoxy groups -OCH3 is 1. The Bertz CT molecular complexity index is 670. The van der Waals surface area contributed by atoms with Gasteiger partial charge >= 0.3 is 0 Å². The van der Waals surface area contributed by atoms with Gasteiger partial charge in [-0.25, -0.2) is 0 Å². The maximum Gasteiger partial charge on any atom is 0.253 e. The largest absolute Gasteiger partial charge is 0.497 e. The molecule has 7 heteroatoms. The van der Waals surface area contributed by atoms with Crippen molar-refractivity contribution in [2.24, 2.45) is 11.1 Å². The van der Waals surface area contributed by atoms with Crippen molar-refractivity contribution in [3.63, 3.8) is 0 Å². The number of nitrogens with one attached hydrogen (secondary N) is 2. The zero-order valence-electron chi connectivity index (χ0n) is 15.9. The van der Waals surface area contributed by atoms with Crippen molar-refractivity contribution in [2.45, 2.75) is 57.4 Å². The Morgan fingerprint density at radius 3 is 2.52 bits per heavy atom. The molecule has 2 fully saturated rings. The first kappa shape index (κ1) is 21.5. The smallest absolute Gasteiger partial charge is 0.253 e. The summed E-state index contributed by atoms with van der Waals surface area (Å²) >= 11 is 0. The zero-order chi connectivity index (χ0) is 18.6. The van der Waals surface area contributed by atoms with E-state index in [4.69, 9.17) is 10.5 Å². The lowest BCUT2D eigenvalue weighted by Crippen LogP contribution is -2.36. The van der Waals surface area contributed by atoms with Gasteiger partial charge in [0.05, 0.1) is 18.4 Å². The number of nitrogens with two attached hydrogens (primary N) is 1.